The van der Waals surface area contributed by atoms with Crippen LogP contribution in [0.4, 0.5) is 0 Å². The van der Waals surface area contributed by atoms with Gasteiger partial charge in [-0.3, -0.25) is 4.68 Å². The standard InChI is InChI=1S/C14H26BrN3O/c1-6-18-12(13(15)10(5)17-18)8-11(16)14(9(3)4)19-7-2/h9,11,14H,6-8,16H2,1-5H3. The fraction of sp³-hybridized carbons (Fsp3) is 0.786. The van der Waals surface area contributed by atoms with Crippen molar-refractivity contribution in [3.63, 3.8) is 0 Å². The number of aromatic nitrogens is 2. The van der Waals surface area contributed by atoms with Gasteiger partial charge in [-0.25, -0.2) is 0 Å². The molecule has 0 fully saturated rings. The minimum Gasteiger partial charge on any atom is -0.377 e. The normalized spacial score (nSPS) is 14.9. The van der Waals surface area contributed by atoms with E-state index < -0.39 is 0 Å². The van der Waals surface area contributed by atoms with Crippen molar-refractivity contribution in [2.75, 3.05) is 6.61 Å². The first-order valence-corrected chi connectivity index (χ1v) is 7.80. The number of halogens is 1. The molecule has 1 aromatic rings. The van der Waals surface area contributed by atoms with E-state index in [1.807, 2.05) is 18.5 Å². The van der Waals surface area contributed by atoms with Crippen LogP contribution in [0.1, 0.15) is 39.1 Å². The summed E-state index contributed by atoms with van der Waals surface area (Å²) < 4.78 is 8.88. The second kappa shape index (κ2) is 7.41. The van der Waals surface area contributed by atoms with Gasteiger partial charge < -0.3 is 10.5 Å². The van der Waals surface area contributed by atoms with Gasteiger partial charge in [0.25, 0.3) is 0 Å². The third-order valence-corrected chi connectivity index (χ3v) is 4.35. The first kappa shape index (κ1) is 16.7. The van der Waals surface area contributed by atoms with Crippen LogP contribution in [0.3, 0.4) is 0 Å². The lowest BCUT2D eigenvalue weighted by atomic mass is 9.96. The van der Waals surface area contributed by atoms with E-state index in [2.05, 4.69) is 41.8 Å². The van der Waals surface area contributed by atoms with E-state index in [1.165, 1.54) is 0 Å². The number of rotatable bonds is 7. The van der Waals surface area contributed by atoms with Gasteiger partial charge in [0, 0.05) is 25.6 Å². The Kier molecular flexibility index (Phi) is 6.50. The summed E-state index contributed by atoms with van der Waals surface area (Å²) in [6.07, 6.45) is 0.857. The molecule has 1 heterocycles. The average Bonchev–Trinajstić information content (AvgIpc) is 2.63. The molecule has 0 radical (unpaired) electrons. The number of hydrogen-bond acceptors (Lipinski definition) is 3. The smallest absolute Gasteiger partial charge is 0.0752 e. The average molecular weight is 332 g/mol. The molecule has 0 saturated carbocycles. The molecule has 0 aliphatic heterocycles. The lowest BCUT2D eigenvalue weighted by Crippen LogP contribution is -2.42. The Morgan fingerprint density at radius 1 is 1.37 bits per heavy atom. The lowest BCUT2D eigenvalue weighted by molar-refractivity contribution is 0.0123. The monoisotopic (exact) mass is 331 g/mol. The van der Waals surface area contributed by atoms with Crippen LogP contribution in [-0.2, 0) is 17.7 Å². The van der Waals surface area contributed by atoms with E-state index >= 15 is 0 Å². The highest BCUT2D eigenvalue weighted by atomic mass is 79.9. The van der Waals surface area contributed by atoms with Crippen LogP contribution in [-0.4, -0.2) is 28.5 Å². The maximum absolute atomic E-state index is 6.35. The van der Waals surface area contributed by atoms with Crippen molar-refractivity contribution in [3.05, 3.63) is 15.9 Å². The first-order chi connectivity index (χ1) is 8.92. The van der Waals surface area contributed by atoms with Crippen molar-refractivity contribution >= 4 is 15.9 Å². The Morgan fingerprint density at radius 2 is 2.00 bits per heavy atom. The fourth-order valence-corrected chi connectivity index (χ4v) is 2.85. The molecule has 1 aromatic heterocycles. The van der Waals surface area contributed by atoms with Crippen molar-refractivity contribution in [1.82, 2.24) is 9.78 Å². The molecule has 2 unspecified atom stereocenters. The maximum atomic E-state index is 6.35. The van der Waals surface area contributed by atoms with E-state index in [0.717, 1.165) is 28.8 Å². The number of nitrogens with two attached hydrogens (primary N) is 1. The summed E-state index contributed by atoms with van der Waals surface area (Å²) in [5.74, 6) is 0.410. The molecule has 0 bridgehead atoms. The predicted octanol–water partition coefficient (Wildman–Crippen LogP) is 2.90. The van der Waals surface area contributed by atoms with Gasteiger partial charge in [-0.1, -0.05) is 13.8 Å². The molecular formula is C14H26BrN3O. The van der Waals surface area contributed by atoms with E-state index in [-0.39, 0.29) is 12.1 Å². The Morgan fingerprint density at radius 3 is 2.47 bits per heavy atom. The Labute approximate surface area is 124 Å². The zero-order chi connectivity index (χ0) is 14.6. The molecule has 2 atom stereocenters. The highest BCUT2D eigenvalue weighted by molar-refractivity contribution is 9.10. The van der Waals surface area contributed by atoms with E-state index in [4.69, 9.17) is 10.5 Å². The number of hydrogen-bond donors (Lipinski definition) is 1. The summed E-state index contributed by atoms with van der Waals surface area (Å²) in [6.45, 7) is 12.0. The van der Waals surface area contributed by atoms with Crippen molar-refractivity contribution in [3.8, 4) is 0 Å². The van der Waals surface area contributed by atoms with Crippen molar-refractivity contribution in [2.24, 2.45) is 11.7 Å². The third kappa shape index (κ3) is 4.04. The molecule has 0 saturated heterocycles. The topological polar surface area (TPSA) is 53.1 Å². The molecular weight excluding hydrogens is 306 g/mol. The molecule has 19 heavy (non-hydrogen) atoms. The number of nitrogens with zero attached hydrogens (tertiary/aromatic N) is 2. The van der Waals surface area contributed by atoms with Crippen molar-refractivity contribution in [1.29, 1.82) is 0 Å². The van der Waals surface area contributed by atoms with Crippen LogP contribution >= 0.6 is 15.9 Å². The van der Waals surface area contributed by atoms with Crippen LogP contribution in [0.15, 0.2) is 4.47 Å². The second-order valence-electron chi connectivity index (χ2n) is 5.19. The van der Waals surface area contributed by atoms with Gasteiger partial charge in [-0.15, -0.1) is 0 Å². The highest BCUT2D eigenvalue weighted by Gasteiger charge is 2.24. The van der Waals surface area contributed by atoms with Crippen LogP contribution in [0, 0.1) is 12.8 Å². The molecule has 0 aliphatic carbocycles. The number of aryl methyl sites for hydroxylation is 2. The van der Waals surface area contributed by atoms with Crippen LogP contribution < -0.4 is 5.73 Å². The Hall–Kier alpha value is -0.390. The second-order valence-corrected chi connectivity index (χ2v) is 5.99. The molecule has 2 N–H and O–H groups in total. The lowest BCUT2D eigenvalue weighted by Gasteiger charge is -2.27. The zero-order valence-electron chi connectivity index (χ0n) is 12.6. The summed E-state index contributed by atoms with van der Waals surface area (Å²) >= 11 is 3.62. The third-order valence-electron chi connectivity index (χ3n) is 3.32. The fourth-order valence-electron chi connectivity index (χ4n) is 2.41. The number of ether oxygens (including phenoxy) is 1. The first-order valence-electron chi connectivity index (χ1n) is 7.01. The molecule has 0 aromatic carbocycles. The molecule has 0 amide bonds. The highest BCUT2D eigenvalue weighted by Crippen LogP contribution is 2.24. The summed E-state index contributed by atoms with van der Waals surface area (Å²) in [4.78, 5) is 0. The molecule has 0 aliphatic rings. The van der Waals surface area contributed by atoms with E-state index in [9.17, 15) is 0 Å². The minimum atomic E-state index is -0.0161. The van der Waals surface area contributed by atoms with Gasteiger partial charge in [-0.05, 0) is 42.6 Å². The SMILES string of the molecule is CCOC(C(C)C)C(N)Cc1c(Br)c(C)nn1CC. The van der Waals surface area contributed by atoms with E-state index in [0.29, 0.717) is 12.5 Å². The van der Waals surface area contributed by atoms with Gasteiger partial charge in [0.05, 0.1) is 22.0 Å². The van der Waals surface area contributed by atoms with Crippen LogP contribution in [0.5, 0.6) is 0 Å². The molecule has 5 heteroatoms. The summed E-state index contributed by atoms with van der Waals surface area (Å²) in [5, 5.41) is 4.51. The zero-order valence-corrected chi connectivity index (χ0v) is 14.2. The largest absolute Gasteiger partial charge is 0.377 e. The van der Waals surface area contributed by atoms with E-state index in [1.54, 1.807) is 0 Å². The Balaban J connectivity index is 2.88. The molecule has 110 valence electrons. The van der Waals surface area contributed by atoms with Gasteiger partial charge in [0.2, 0.25) is 0 Å². The van der Waals surface area contributed by atoms with Crippen LogP contribution in [0.25, 0.3) is 0 Å². The minimum absolute atomic E-state index is 0.0161. The Bertz CT molecular complexity index is 404. The van der Waals surface area contributed by atoms with Crippen molar-refractivity contribution in [2.45, 2.75) is 59.7 Å². The van der Waals surface area contributed by atoms with Gasteiger partial charge >= 0.3 is 0 Å². The van der Waals surface area contributed by atoms with Gasteiger partial charge in [-0.2, -0.15) is 5.10 Å². The molecule has 0 spiro atoms. The summed E-state index contributed by atoms with van der Waals surface area (Å²) in [6, 6.07) is -0.0161. The van der Waals surface area contributed by atoms with Crippen LogP contribution in [0.2, 0.25) is 0 Å². The van der Waals surface area contributed by atoms with Gasteiger partial charge in [0.1, 0.15) is 0 Å². The maximum Gasteiger partial charge on any atom is 0.0752 e. The van der Waals surface area contributed by atoms with Crippen molar-refractivity contribution < 1.29 is 4.74 Å². The summed E-state index contributed by atoms with van der Waals surface area (Å²) in [7, 11) is 0. The molecule has 1 rings (SSSR count). The predicted molar refractivity (Wildman–Crippen MR) is 82.3 cm³/mol. The quantitative estimate of drug-likeness (QED) is 0.835. The molecule has 4 nitrogen and oxygen atoms in total. The summed E-state index contributed by atoms with van der Waals surface area (Å²) in [5.41, 5.74) is 8.53. The van der Waals surface area contributed by atoms with Gasteiger partial charge in [0.15, 0.2) is 0 Å².